The molecule has 0 bridgehead atoms. The summed E-state index contributed by atoms with van der Waals surface area (Å²) in [5, 5.41) is 23.9. The van der Waals surface area contributed by atoms with E-state index in [9.17, 15) is 19.1 Å². The molecule has 3 N–H and O–H groups in total. The molecule has 28 heavy (non-hydrogen) atoms. The van der Waals surface area contributed by atoms with Crippen molar-refractivity contribution in [3.8, 4) is 26.6 Å². The van der Waals surface area contributed by atoms with Gasteiger partial charge in [0.1, 0.15) is 22.1 Å². The van der Waals surface area contributed by atoms with Gasteiger partial charge in [0.25, 0.3) is 0 Å². The van der Waals surface area contributed by atoms with Crippen LogP contribution in [0.2, 0.25) is 0 Å². The molecule has 0 spiro atoms. The number of alkyl carbamates (subject to hydrolysis) is 1. The Labute approximate surface area is 167 Å². The van der Waals surface area contributed by atoms with Gasteiger partial charge in [-0.2, -0.15) is 0 Å². The van der Waals surface area contributed by atoms with Crippen LogP contribution in [0.25, 0.3) is 20.9 Å². The number of benzene rings is 1. The number of aromatic nitrogens is 1. The normalized spacial score (nSPS) is 10.7. The second-order valence-corrected chi connectivity index (χ2v) is 7.72. The van der Waals surface area contributed by atoms with E-state index >= 15 is 0 Å². The first kappa shape index (κ1) is 19.8. The molecule has 3 rings (SSSR count). The molecular formula is C18H15FN2O5S2. The van der Waals surface area contributed by atoms with E-state index in [0.717, 1.165) is 28.3 Å². The summed E-state index contributed by atoms with van der Waals surface area (Å²) in [6.07, 6.45) is -0.549. The number of halogens is 1. The van der Waals surface area contributed by atoms with E-state index < -0.39 is 29.2 Å². The highest BCUT2D eigenvalue weighted by Gasteiger charge is 2.18. The summed E-state index contributed by atoms with van der Waals surface area (Å²) >= 11 is 2.66. The number of thiophene rings is 1. The third-order valence-electron chi connectivity index (χ3n) is 3.85. The molecule has 146 valence electrons. The summed E-state index contributed by atoms with van der Waals surface area (Å²) in [4.78, 5) is 28.0. The zero-order valence-electron chi connectivity index (χ0n) is 14.8. The summed E-state index contributed by atoms with van der Waals surface area (Å²) in [7, 11) is 1.28. The van der Waals surface area contributed by atoms with Crippen molar-refractivity contribution in [2.24, 2.45) is 0 Å². The van der Waals surface area contributed by atoms with Gasteiger partial charge < -0.3 is 20.3 Å². The van der Waals surface area contributed by atoms with Crippen LogP contribution in [0.3, 0.4) is 0 Å². The van der Waals surface area contributed by atoms with Crippen LogP contribution in [0.1, 0.15) is 21.1 Å². The molecule has 0 aliphatic heterocycles. The minimum Gasteiger partial charge on any atom is -0.507 e. The van der Waals surface area contributed by atoms with Crippen LogP contribution < -0.4 is 5.32 Å². The maximum Gasteiger partial charge on any atom is 0.407 e. The number of carboxylic acid groups (broad SMARTS) is 1. The number of carbonyl (C=O) groups is 2. The van der Waals surface area contributed by atoms with Gasteiger partial charge in [0.15, 0.2) is 0 Å². The Balaban J connectivity index is 1.89. The lowest BCUT2D eigenvalue weighted by atomic mass is 10.1. The number of hydrogen-bond acceptors (Lipinski definition) is 7. The first-order valence-electron chi connectivity index (χ1n) is 7.93. The van der Waals surface area contributed by atoms with Crippen molar-refractivity contribution < 1.29 is 28.9 Å². The van der Waals surface area contributed by atoms with Crippen molar-refractivity contribution in [2.45, 2.75) is 13.5 Å². The Morgan fingerprint density at radius 2 is 2.07 bits per heavy atom. The van der Waals surface area contributed by atoms with Gasteiger partial charge in [-0.15, -0.1) is 22.7 Å². The number of aromatic carboxylic acids is 1. The second kappa shape index (κ2) is 7.95. The smallest absolute Gasteiger partial charge is 0.407 e. The number of thiazole rings is 1. The molecule has 0 radical (unpaired) electrons. The Kier molecular flexibility index (Phi) is 5.61. The van der Waals surface area contributed by atoms with Crippen LogP contribution in [0.4, 0.5) is 9.18 Å². The lowest BCUT2D eigenvalue weighted by molar-refractivity contribution is 0.0693. The van der Waals surface area contributed by atoms with E-state index in [1.807, 2.05) is 12.3 Å². The Morgan fingerprint density at radius 1 is 1.32 bits per heavy atom. The van der Waals surface area contributed by atoms with Crippen LogP contribution in [0.5, 0.6) is 5.75 Å². The van der Waals surface area contributed by atoms with Crippen LogP contribution >= 0.6 is 22.7 Å². The standard InChI is InChI=1S/C18H15FN2O5S2/c1-8-16(28-15(21-8)6-20-18(25)26-2)9-3-14(27-7-9)10-5-13(22)11(17(23)24)4-12(10)19/h3-5,7,22H,6H2,1-2H3,(H,20,25)(H,23,24). The number of nitrogens with zero attached hydrogens (tertiary/aromatic N) is 1. The summed E-state index contributed by atoms with van der Waals surface area (Å²) in [6.45, 7) is 2.06. The van der Waals surface area contributed by atoms with Crippen molar-refractivity contribution in [3.63, 3.8) is 0 Å². The highest BCUT2D eigenvalue weighted by atomic mass is 32.1. The predicted octanol–water partition coefficient (Wildman–Crippen LogP) is 4.25. The lowest BCUT2D eigenvalue weighted by Gasteiger charge is -2.04. The molecule has 2 heterocycles. The lowest BCUT2D eigenvalue weighted by Crippen LogP contribution is -2.22. The minimum atomic E-state index is -1.40. The number of carbonyl (C=O) groups excluding carboxylic acids is 1. The molecule has 10 heteroatoms. The summed E-state index contributed by atoms with van der Waals surface area (Å²) in [5.74, 6) is -2.63. The molecule has 2 aromatic heterocycles. The number of amides is 1. The maximum absolute atomic E-state index is 14.4. The number of hydrogen-bond donors (Lipinski definition) is 3. The topological polar surface area (TPSA) is 109 Å². The van der Waals surface area contributed by atoms with E-state index in [1.54, 1.807) is 6.07 Å². The van der Waals surface area contributed by atoms with Gasteiger partial charge in [-0.25, -0.2) is 19.0 Å². The molecule has 7 nitrogen and oxygen atoms in total. The molecular weight excluding hydrogens is 407 g/mol. The van der Waals surface area contributed by atoms with Crippen molar-refractivity contribution >= 4 is 34.7 Å². The third kappa shape index (κ3) is 3.97. The van der Waals surface area contributed by atoms with Gasteiger partial charge in [0.05, 0.1) is 24.2 Å². The number of ether oxygens (including phenoxy) is 1. The van der Waals surface area contributed by atoms with Gasteiger partial charge in [-0.05, 0) is 25.1 Å². The largest absolute Gasteiger partial charge is 0.507 e. The van der Waals surface area contributed by atoms with Crippen LogP contribution in [0, 0.1) is 12.7 Å². The number of rotatable bonds is 5. The van der Waals surface area contributed by atoms with Crippen molar-refractivity contribution in [1.29, 1.82) is 0 Å². The monoisotopic (exact) mass is 422 g/mol. The van der Waals surface area contributed by atoms with Gasteiger partial charge in [-0.3, -0.25) is 0 Å². The van der Waals surface area contributed by atoms with E-state index in [1.165, 1.54) is 29.8 Å². The molecule has 0 fully saturated rings. The number of aryl methyl sites for hydroxylation is 1. The van der Waals surface area contributed by atoms with E-state index in [2.05, 4.69) is 15.0 Å². The summed E-state index contributed by atoms with van der Waals surface area (Å²) in [5.41, 5.74) is 1.22. The van der Waals surface area contributed by atoms with Crippen molar-refractivity contribution in [1.82, 2.24) is 10.3 Å². The SMILES string of the molecule is COC(=O)NCc1nc(C)c(-c2csc(-c3cc(O)c(C(=O)O)cc3F)c2)s1. The fraction of sp³-hybridized carbons (Fsp3) is 0.167. The van der Waals surface area contributed by atoms with Crippen LogP contribution in [-0.4, -0.2) is 34.4 Å². The molecule has 0 atom stereocenters. The van der Waals surface area contributed by atoms with E-state index in [0.29, 0.717) is 9.88 Å². The third-order valence-corrected chi connectivity index (χ3v) is 6.02. The fourth-order valence-electron chi connectivity index (χ4n) is 2.53. The number of methoxy groups -OCH3 is 1. The number of carboxylic acids is 1. The molecule has 0 saturated carbocycles. The van der Waals surface area contributed by atoms with Crippen molar-refractivity contribution in [2.75, 3.05) is 7.11 Å². The fourth-order valence-corrected chi connectivity index (χ4v) is 4.52. The van der Waals surface area contributed by atoms with Gasteiger partial charge in [0.2, 0.25) is 0 Å². The van der Waals surface area contributed by atoms with Crippen LogP contribution in [-0.2, 0) is 11.3 Å². The first-order chi connectivity index (χ1) is 13.3. The highest BCUT2D eigenvalue weighted by molar-refractivity contribution is 7.17. The Morgan fingerprint density at radius 3 is 2.75 bits per heavy atom. The Hall–Kier alpha value is -2.98. The Bertz CT molecular complexity index is 1060. The van der Waals surface area contributed by atoms with Crippen molar-refractivity contribution in [3.05, 3.63) is 45.7 Å². The zero-order chi connectivity index (χ0) is 20.4. The molecule has 0 saturated heterocycles. The summed E-state index contributed by atoms with van der Waals surface area (Å²) < 4.78 is 18.9. The average molecular weight is 422 g/mol. The first-order valence-corrected chi connectivity index (χ1v) is 9.63. The van der Waals surface area contributed by atoms with E-state index in [-0.39, 0.29) is 12.1 Å². The number of phenols is 1. The summed E-state index contributed by atoms with van der Waals surface area (Å²) in [6, 6.07) is 3.67. The highest BCUT2D eigenvalue weighted by Crippen LogP contribution is 2.39. The van der Waals surface area contributed by atoms with Gasteiger partial charge in [0, 0.05) is 21.4 Å². The molecule has 0 aliphatic carbocycles. The number of nitrogens with one attached hydrogen (secondary N) is 1. The zero-order valence-corrected chi connectivity index (χ0v) is 16.4. The minimum absolute atomic E-state index is 0.119. The van der Waals surface area contributed by atoms with Gasteiger partial charge >= 0.3 is 12.1 Å². The predicted molar refractivity (Wildman–Crippen MR) is 103 cm³/mol. The molecule has 1 aromatic carbocycles. The molecule has 3 aromatic rings. The van der Waals surface area contributed by atoms with E-state index in [4.69, 9.17) is 5.11 Å². The molecule has 1 amide bonds. The number of aromatic hydroxyl groups is 1. The molecule has 0 aliphatic rings. The second-order valence-electron chi connectivity index (χ2n) is 5.72. The molecule has 0 unspecified atom stereocenters. The van der Waals surface area contributed by atoms with Gasteiger partial charge in [-0.1, -0.05) is 0 Å². The van der Waals surface area contributed by atoms with Crippen LogP contribution in [0.15, 0.2) is 23.6 Å². The quantitative estimate of drug-likeness (QED) is 0.567. The average Bonchev–Trinajstić information content (AvgIpc) is 3.27. The maximum atomic E-state index is 14.4.